The van der Waals surface area contributed by atoms with Crippen molar-refractivity contribution in [2.75, 3.05) is 24.0 Å². The third-order valence-electron chi connectivity index (χ3n) is 8.48. The molecule has 3 fully saturated rings. The summed E-state index contributed by atoms with van der Waals surface area (Å²) in [5.74, 6) is 3.12. The number of hydrogen-bond donors (Lipinski definition) is 0. The van der Waals surface area contributed by atoms with Crippen LogP contribution in [-0.4, -0.2) is 78.3 Å². The van der Waals surface area contributed by atoms with E-state index in [-0.39, 0.29) is 24.1 Å². The molecule has 2 saturated heterocycles. The molecule has 3 rings (SSSR count). The van der Waals surface area contributed by atoms with Crippen molar-refractivity contribution in [3.63, 3.8) is 0 Å². The average molecular weight is 693 g/mol. The Balaban J connectivity index is 1.54. The number of ether oxygens (including phenoxy) is 2. The van der Waals surface area contributed by atoms with Crippen molar-refractivity contribution in [2.24, 2.45) is 11.8 Å². The van der Waals surface area contributed by atoms with E-state index in [4.69, 9.17) is 9.47 Å². The summed E-state index contributed by atoms with van der Waals surface area (Å²) in [6, 6.07) is 0. The van der Waals surface area contributed by atoms with Gasteiger partial charge in [-0.05, 0) is 76.7 Å². The van der Waals surface area contributed by atoms with Crippen LogP contribution in [0.1, 0.15) is 79.1 Å². The summed E-state index contributed by atoms with van der Waals surface area (Å²) in [6.45, 7) is 15.4. The van der Waals surface area contributed by atoms with Crippen LogP contribution in [0, 0.1) is 11.8 Å². The molecule has 8 unspecified atom stereocenters. The summed E-state index contributed by atoms with van der Waals surface area (Å²) in [5, 5.41) is 2.00. The normalized spacial score (nSPS) is 30.7. The average Bonchev–Trinajstić information content (AvgIpc) is 3.65. The van der Waals surface area contributed by atoms with Gasteiger partial charge in [0.05, 0.1) is 19.7 Å². The smallest absolute Gasteiger partial charge is 0.333 e. The van der Waals surface area contributed by atoms with Gasteiger partial charge in [0.2, 0.25) is 0 Å². The van der Waals surface area contributed by atoms with Gasteiger partial charge >= 0.3 is 11.9 Å². The Bertz CT molecular complexity index is 835. The predicted octanol–water partition coefficient (Wildman–Crippen LogP) is 9.18. The van der Waals surface area contributed by atoms with Crippen molar-refractivity contribution in [2.45, 2.75) is 121 Å². The maximum atomic E-state index is 12.3. The van der Waals surface area contributed by atoms with Crippen LogP contribution >= 0.6 is 70.6 Å². The van der Waals surface area contributed by atoms with Crippen molar-refractivity contribution in [3.05, 3.63) is 24.3 Å². The maximum absolute atomic E-state index is 12.3. The standard InChI is InChI=1S/C32H52O4S6/c1-9-11-23(35-29(33)19(3)4)25-17-39-31(41-25)27(37-7)21-13-15-22(16-14-21)28(38-8)32-40-18-26(42-32)24(12-10-2)36-30(34)20(5)6/h21-28,31-32H,3,5,9-18H2,1-2,4,6-8H3. The van der Waals surface area contributed by atoms with Gasteiger partial charge in [-0.1, -0.05) is 39.8 Å². The van der Waals surface area contributed by atoms with Gasteiger partial charge < -0.3 is 9.47 Å². The lowest BCUT2D eigenvalue weighted by molar-refractivity contribution is -0.145. The fraction of sp³-hybridized carbons (Fsp3) is 0.812. The van der Waals surface area contributed by atoms with Gasteiger partial charge in [-0.3, -0.25) is 0 Å². The van der Waals surface area contributed by atoms with Crippen molar-refractivity contribution in [1.82, 2.24) is 0 Å². The summed E-state index contributed by atoms with van der Waals surface area (Å²) >= 11 is 12.4. The van der Waals surface area contributed by atoms with Crippen LogP contribution in [0.25, 0.3) is 0 Å². The highest BCUT2D eigenvalue weighted by atomic mass is 32.2. The minimum atomic E-state index is -0.246. The van der Waals surface area contributed by atoms with Crippen molar-refractivity contribution in [3.8, 4) is 0 Å². The molecule has 0 bridgehead atoms. The molecule has 0 aromatic rings. The van der Waals surface area contributed by atoms with Gasteiger partial charge in [0, 0.05) is 33.2 Å². The molecule has 0 spiro atoms. The van der Waals surface area contributed by atoms with E-state index in [0.29, 0.717) is 41.3 Å². The van der Waals surface area contributed by atoms with Crippen LogP contribution < -0.4 is 0 Å². The molecule has 2 heterocycles. The largest absolute Gasteiger partial charge is 0.458 e. The van der Waals surface area contributed by atoms with Crippen molar-refractivity contribution < 1.29 is 19.1 Å². The molecule has 0 aromatic heterocycles. The van der Waals surface area contributed by atoms with Crippen LogP contribution in [0.2, 0.25) is 0 Å². The van der Waals surface area contributed by atoms with Crippen LogP contribution in [0.3, 0.4) is 0 Å². The Morgan fingerprint density at radius 3 is 1.38 bits per heavy atom. The first-order chi connectivity index (χ1) is 20.1. The molecule has 2 aliphatic heterocycles. The van der Waals surface area contributed by atoms with Crippen molar-refractivity contribution in [1.29, 1.82) is 0 Å². The molecule has 0 aromatic carbocycles. The number of rotatable bonds is 16. The van der Waals surface area contributed by atoms with Gasteiger partial charge in [-0.25, -0.2) is 9.59 Å². The zero-order valence-corrected chi connectivity index (χ0v) is 31.2. The van der Waals surface area contributed by atoms with E-state index >= 15 is 0 Å². The third-order valence-corrected chi connectivity index (χ3v) is 18.6. The summed E-state index contributed by atoms with van der Waals surface area (Å²) in [4.78, 5) is 24.6. The lowest BCUT2D eigenvalue weighted by Crippen LogP contribution is -2.35. The molecule has 240 valence electrons. The van der Waals surface area contributed by atoms with Crippen molar-refractivity contribution >= 4 is 82.5 Å². The van der Waals surface area contributed by atoms with E-state index in [2.05, 4.69) is 110 Å². The SMILES string of the molecule is C=C(C)C(=O)OC(CCC)C1CSC(C(SC)C2CCC(C(SC)C3SCC(C(CCC)OC(=O)C(=C)C)S3)CC2)S1. The van der Waals surface area contributed by atoms with E-state index in [1.54, 1.807) is 13.8 Å². The molecule has 1 aliphatic carbocycles. The van der Waals surface area contributed by atoms with Gasteiger partial charge in [-0.2, -0.15) is 23.5 Å². The highest BCUT2D eigenvalue weighted by molar-refractivity contribution is 8.22. The molecule has 0 radical (unpaired) electrons. The van der Waals surface area contributed by atoms with E-state index < -0.39 is 0 Å². The Labute approximate surface area is 281 Å². The minimum absolute atomic E-state index is 0.0197. The summed E-state index contributed by atoms with van der Waals surface area (Å²) in [5.41, 5.74) is 0.977. The Morgan fingerprint density at radius 2 is 1.10 bits per heavy atom. The summed E-state index contributed by atoms with van der Waals surface area (Å²) < 4.78 is 12.9. The van der Waals surface area contributed by atoms with Crippen LogP contribution in [-0.2, 0) is 19.1 Å². The number of thioether (sulfide) groups is 6. The van der Waals surface area contributed by atoms with Gasteiger partial charge in [0.15, 0.2) is 0 Å². The molecule has 1 saturated carbocycles. The maximum Gasteiger partial charge on any atom is 0.333 e. The molecule has 42 heavy (non-hydrogen) atoms. The number of esters is 2. The summed E-state index contributed by atoms with van der Waals surface area (Å²) in [6.07, 6.45) is 13.6. The number of carbonyl (C=O) groups excluding carboxylic acids is 2. The molecular weight excluding hydrogens is 641 g/mol. The lowest BCUT2D eigenvalue weighted by Gasteiger charge is -2.39. The zero-order chi connectivity index (χ0) is 30.8. The fourth-order valence-corrected chi connectivity index (χ4v) is 17.3. The molecular formula is C32H52O4S6. The quantitative estimate of drug-likeness (QED) is 0.116. The Hall–Kier alpha value is 0.520. The molecule has 3 aliphatic rings. The van der Waals surface area contributed by atoms with Gasteiger partial charge in [0.1, 0.15) is 12.2 Å². The van der Waals surface area contributed by atoms with E-state index in [0.717, 1.165) is 49.0 Å². The van der Waals surface area contributed by atoms with Gasteiger partial charge in [-0.15, -0.1) is 47.0 Å². The first kappa shape index (κ1) is 37.0. The number of carbonyl (C=O) groups is 2. The summed E-state index contributed by atoms with van der Waals surface area (Å²) in [7, 11) is 0. The molecule has 0 N–H and O–H groups in total. The second-order valence-corrected chi connectivity index (χ2v) is 19.6. The molecule has 0 amide bonds. The van der Waals surface area contributed by atoms with E-state index in [1.165, 1.54) is 25.7 Å². The molecule has 8 atom stereocenters. The van der Waals surface area contributed by atoms with E-state index in [9.17, 15) is 9.59 Å². The first-order valence-electron chi connectivity index (χ1n) is 15.5. The topological polar surface area (TPSA) is 52.6 Å². The third kappa shape index (κ3) is 10.3. The second-order valence-electron chi connectivity index (χ2n) is 11.9. The van der Waals surface area contributed by atoms with Crippen LogP contribution in [0.15, 0.2) is 24.3 Å². The van der Waals surface area contributed by atoms with Crippen LogP contribution in [0.5, 0.6) is 0 Å². The van der Waals surface area contributed by atoms with Crippen LogP contribution in [0.4, 0.5) is 0 Å². The number of hydrogen-bond acceptors (Lipinski definition) is 10. The second kappa shape index (κ2) is 18.6. The van der Waals surface area contributed by atoms with Gasteiger partial charge in [0.25, 0.3) is 0 Å². The highest BCUT2D eigenvalue weighted by Crippen LogP contribution is 2.53. The fourth-order valence-electron chi connectivity index (χ4n) is 6.16. The predicted molar refractivity (Wildman–Crippen MR) is 195 cm³/mol. The zero-order valence-electron chi connectivity index (χ0n) is 26.3. The van der Waals surface area contributed by atoms with E-state index in [1.807, 2.05) is 0 Å². The lowest BCUT2D eigenvalue weighted by atomic mass is 9.79. The molecule has 4 nitrogen and oxygen atoms in total. The monoisotopic (exact) mass is 692 g/mol. The Morgan fingerprint density at radius 1 is 0.738 bits per heavy atom. The molecule has 10 heteroatoms. The Kier molecular flexibility index (Phi) is 16.4. The first-order valence-corrected chi connectivity index (χ1v) is 22.0. The minimum Gasteiger partial charge on any atom is -0.458 e. The highest BCUT2D eigenvalue weighted by Gasteiger charge is 2.44.